The number of hydrogen-bond acceptors (Lipinski definition) is 6. The van der Waals surface area contributed by atoms with E-state index in [0.717, 1.165) is 7.11 Å². The number of hydrogen-bond donors (Lipinski definition) is 1. The Hall–Kier alpha value is -2.32. The second-order valence-corrected chi connectivity index (χ2v) is 2.87. The number of nitrogens with zero attached hydrogens (tertiary/aromatic N) is 2. The molecule has 0 aliphatic rings. The lowest BCUT2D eigenvalue weighted by atomic mass is 10.1. The van der Waals surface area contributed by atoms with Gasteiger partial charge in [-0.3, -0.25) is 10.1 Å². The Bertz CT molecular complexity index is 478. The van der Waals surface area contributed by atoms with Crippen molar-refractivity contribution in [1.29, 1.82) is 0 Å². The Morgan fingerprint density at radius 3 is 2.65 bits per heavy atom. The number of pyridine rings is 1. The van der Waals surface area contributed by atoms with Gasteiger partial charge in [0, 0.05) is 6.20 Å². The van der Waals surface area contributed by atoms with Gasteiger partial charge in [0.1, 0.15) is 11.3 Å². The summed E-state index contributed by atoms with van der Waals surface area (Å²) in [5.74, 6) is -1.04. The Morgan fingerprint density at radius 1 is 1.65 bits per heavy atom. The van der Waals surface area contributed by atoms with Gasteiger partial charge in [0.15, 0.2) is 5.69 Å². The minimum Gasteiger partial charge on any atom is -0.464 e. The van der Waals surface area contributed by atoms with E-state index in [9.17, 15) is 23.7 Å². The maximum Gasteiger partial charge on any atom is 0.359 e. The van der Waals surface area contributed by atoms with Crippen molar-refractivity contribution in [3.8, 4) is 0 Å². The predicted molar refractivity (Wildman–Crippen MR) is 51.6 cm³/mol. The summed E-state index contributed by atoms with van der Waals surface area (Å²) < 4.78 is 29.2. The van der Waals surface area contributed by atoms with Crippen molar-refractivity contribution in [1.82, 2.24) is 4.98 Å². The summed E-state index contributed by atoms with van der Waals surface area (Å²) in [6.07, 6.45) is -2.58. The zero-order valence-corrected chi connectivity index (χ0v) is 8.52. The van der Waals surface area contributed by atoms with Gasteiger partial charge in [0.2, 0.25) is 0 Å². The molecular formula is C8H7F2N3O4. The molecule has 17 heavy (non-hydrogen) atoms. The van der Waals surface area contributed by atoms with Crippen molar-refractivity contribution in [3.63, 3.8) is 0 Å². The minimum absolute atomic E-state index is 0.533. The number of alkyl halides is 2. The number of nitro groups is 1. The number of nitrogen functional groups attached to an aromatic ring is 1. The van der Waals surface area contributed by atoms with E-state index in [1.165, 1.54) is 0 Å². The van der Waals surface area contributed by atoms with Crippen molar-refractivity contribution < 1.29 is 23.2 Å². The monoisotopic (exact) mass is 247 g/mol. The smallest absolute Gasteiger partial charge is 0.359 e. The molecule has 0 aliphatic carbocycles. The van der Waals surface area contributed by atoms with Crippen molar-refractivity contribution in [2.24, 2.45) is 0 Å². The molecule has 0 amide bonds. The number of halogens is 2. The molecule has 9 heteroatoms. The van der Waals surface area contributed by atoms with Crippen molar-refractivity contribution in [2.45, 2.75) is 6.43 Å². The van der Waals surface area contributed by atoms with Crippen molar-refractivity contribution in [2.75, 3.05) is 12.8 Å². The summed E-state index contributed by atoms with van der Waals surface area (Å²) in [6.45, 7) is 0. The third-order valence-electron chi connectivity index (χ3n) is 1.91. The molecule has 2 N–H and O–H groups in total. The quantitative estimate of drug-likeness (QED) is 0.489. The van der Waals surface area contributed by atoms with Gasteiger partial charge in [-0.1, -0.05) is 0 Å². The highest BCUT2D eigenvalue weighted by Crippen LogP contribution is 2.34. The molecule has 0 saturated carbocycles. The zero-order chi connectivity index (χ0) is 13.2. The van der Waals surface area contributed by atoms with Crippen molar-refractivity contribution >= 4 is 17.3 Å². The molecule has 0 bridgehead atoms. The van der Waals surface area contributed by atoms with Crippen LogP contribution in [0.15, 0.2) is 6.20 Å². The van der Waals surface area contributed by atoms with Crippen LogP contribution in [0, 0.1) is 10.1 Å². The second-order valence-electron chi connectivity index (χ2n) is 2.87. The predicted octanol–water partition coefficient (Wildman–Crippen LogP) is 1.30. The van der Waals surface area contributed by atoms with Crippen LogP contribution in [0.2, 0.25) is 0 Å². The fourth-order valence-electron chi connectivity index (χ4n) is 1.16. The fourth-order valence-corrected chi connectivity index (χ4v) is 1.16. The van der Waals surface area contributed by atoms with Crippen LogP contribution in [0.3, 0.4) is 0 Å². The van der Waals surface area contributed by atoms with Gasteiger partial charge in [-0.05, 0) is 0 Å². The zero-order valence-electron chi connectivity index (χ0n) is 8.52. The molecule has 1 rings (SSSR count). The molecule has 1 heterocycles. The first-order chi connectivity index (χ1) is 7.90. The Balaban J connectivity index is 3.49. The molecule has 0 radical (unpaired) electrons. The van der Waals surface area contributed by atoms with E-state index in [1.54, 1.807) is 0 Å². The Kier molecular flexibility index (Phi) is 3.51. The average molecular weight is 247 g/mol. The van der Waals surface area contributed by atoms with E-state index >= 15 is 0 Å². The molecule has 0 aromatic carbocycles. The summed E-state index contributed by atoms with van der Waals surface area (Å²) >= 11 is 0. The first-order valence-electron chi connectivity index (χ1n) is 4.19. The summed E-state index contributed by atoms with van der Waals surface area (Å²) in [5, 5.41) is 10.6. The number of aromatic nitrogens is 1. The Morgan fingerprint density at radius 2 is 2.24 bits per heavy atom. The molecule has 0 atom stereocenters. The largest absolute Gasteiger partial charge is 0.464 e. The molecular weight excluding hydrogens is 240 g/mol. The third kappa shape index (κ3) is 2.27. The molecule has 0 spiro atoms. The number of esters is 1. The maximum atomic E-state index is 12.5. The second kappa shape index (κ2) is 4.68. The first kappa shape index (κ1) is 12.7. The first-order valence-corrected chi connectivity index (χ1v) is 4.19. The average Bonchev–Trinajstić information content (AvgIpc) is 2.26. The highest BCUT2D eigenvalue weighted by molar-refractivity contribution is 5.95. The van der Waals surface area contributed by atoms with E-state index in [1.807, 2.05) is 0 Å². The van der Waals surface area contributed by atoms with Crippen LogP contribution in [-0.4, -0.2) is 23.0 Å². The summed E-state index contributed by atoms with van der Waals surface area (Å²) in [6, 6.07) is 0. The van der Waals surface area contributed by atoms with Gasteiger partial charge in [0.25, 0.3) is 6.43 Å². The van der Waals surface area contributed by atoms with E-state index in [0.29, 0.717) is 6.20 Å². The molecule has 0 fully saturated rings. The van der Waals surface area contributed by atoms with Crippen molar-refractivity contribution in [3.05, 3.63) is 27.6 Å². The number of nitrogens with two attached hydrogens (primary N) is 1. The lowest BCUT2D eigenvalue weighted by molar-refractivity contribution is -0.385. The normalized spacial score (nSPS) is 10.4. The number of methoxy groups -OCH3 is 1. The minimum atomic E-state index is -3.11. The van der Waals surface area contributed by atoms with E-state index in [4.69, 9.17) is 5.73 Å². The summed E-state index contributed by atoms with van der Waals surface area (Å²) in [4.78, 5) is 24.0. The van der Waals surface area contributed by atoms with Crippen LogP contribution in [0.5, 0.6) is 0 Å². The highest BCUT2D eigenvalue weighted by Gasteiger charge is 2.30. The molecule has 1 aromatic heterocycles. The van der Waals surface area contributed by atoms with Crippen LogP contribution in [0.1, 0.15) is 22.5 Å². The SMILES string of the molecule is COC(=O)c1ncc(C(F)F)c([N+](=O)[O-])c1N. The number of carbonyl (C=O) groups excluding carboxylic acids is 1. The standard InChI is InChI=1S/C8H7F2N3O4/c1-17-8(14)5-4(11)6(13(15)16)3(2-12-5)7(9)10/h2,7H,11H2,1H3. The van der Waals surface area contributed by atoms with Gasteiger partial charge in [-0.25, -0.2) is 18.6 Å². The van der Waals surface area contributed by atoms with E-state index in [2.05, 4.69) is 9.72 Å². The van der Waals surface area contributed by atoms with Crippen LogP contribution in [-0.2, 0) is 4.74 Å². The molecule has 0 aliphatic heterocycles. The highest BCUT2D eigenvalue weighted by atomic mass is 19.3. The topological polar surface area (TPSA) is 108 Å². The molecule has 0 saturated heterocycles. The van der Waals surface area contributed by atoms with Crippen LogP contribution in [0.25, 0.3) is 0 Å². The number of ether oxygens (including phenoxy) is 1. The molecule has 0 unspecified atom stereocenters. The Labute approximate surface area is 93.3 Å². The van der Waals surface area contributed by atoms with Gasteiger partial charge in [-0.15, -0.1) is 0 Å². The van der Waals surface area contributed by atoms with Crippen LogP contribution in [0.4, 0.5) is 20.2 Å². The number of carbonyl (C=O) groups is 1. The van der Waals surface area contributed by atoms with E-state index in [-0.39, 0.29) is 0 Å². The number of anilines is 1. The van der Waals surface area contributed by atoms with E-state index < -0.39 is 40.0 Å². The molecule has 7 nitrogen and oxygen atoms in total. The number of rotatable bonds is 3. The summed E-state index contributed by atoms with van der Waals surface area (Å²) in [5.41, 5.74) is 1.98. The van der Waals surface area contributed by atoms with Gasteiger partial charge in [-0.2, -0.15) is 0 Å². The van der Waals surface area contributed by atoms with Gasteiger partial charge < -0.3 is 10.5 Å². The molecule has 92 valence electrons. The lowest BCUT2D eigenvalue weighted by Gasteiger charge is -2.07. The van der Waals surface area contributed by atoms with Gasteiger partial charge >= 0.3 is 11.7 Å². The molecule has 1 aromatic rings. The summed E-state index contributed by atoms with van der Waals surface area (Å²) in [7, 11) is 1.01. The lowest BCUT2D eigenvalue weighted by Crippen LogP contribution is -2.12. The fraction of sp³-hybridized carbons (Fsp3) is 0.250. The third-order valence-corrected chi connectivity index (χ3v) is 1.91. The van der Waals surface area contributed by atoms with Gasteiger partial charge in [0.05, 0.1) is 12.0 Å². The van der Waals surface area contributed by atoms with Crippen LogP contribution >= 0.6 is 0 Å². The van der Waals surface area contributed by atoms with Crippen LogP contribution < -0.4 is 5.73 Å². The maximum absolute atomic E-state index is 12.5.